The van der Waals surface area contributed by atoms with E-state index in [-0.39, 0.29) is 17.0 Å². The SMILES string of the molecule is O=Cc1cc(-c2ncn(/C=C\c3ccon3)n2)cc(C(F)(F)F)c1. The van der Waals surface area contributed by atoms with Gasteiger partial charge in [-0.1, -0.05) is 5.16 Å². The van der Waals surface area contributed by atoms with Gasteiger partial charge in [0.25, 0.3) is 0 Å². The first-order valence-electron chi connectivity index (χ1n) is 6.63. The van der Waals surface area contributed by atoms with Gasteiger partial charge in [0.15, 0.2) is 5.82 Å². The van der Waals surface area contributed by atoms with E-state index in [0.29, 0.717) is 12.0 Å². The highest BCUT2D eigenvalue weighted by molar-refractivity contribution is 5.78. The average molecular weight is 334 g/mol. The molecule has 0 atom stereocenters. The molecule has 0 unspecified atom stereocenters. The van der Waals surface area contributed by atoms with E-state index < -0.39 is 11.7 Å². The maximum absolute atomic E-state index is 12.9. The molecule has 3 aromatic rings. The van der Waals surface area contributed by atoms with Gasteiger partial charge in [0.2, 0.25) is 0 Å². The Balaban J connectivity index is 1.93. The molecule has 0 aliphatic carbocycles. The minimum absolute atomic E-state index is 0.0639. The van der Waals surface area contributed by atoms with Crippen LogP contribution >= 0.6 is 0 Å². The van der Waals surface area contributed by atoms with E-state index >= 15 is 0 Å². The normalized spacial score (nSPS) is 12.0. The highest BCUT2D eigenvalue weighted by Crippen LogP contribution is 2.32. The van der Waals surface area contributed by atoms with Gasteiger partial charge in [-0.25, -0.2) is 9.67 Å². The highest BCUT2D eigenvalue weighted by atomic mass is 19.4. The number of rotatable bonds is 4. The number of alkyl halides is 3. The third-order valence-corrected chi connectivity index (χ3v) is 3.04. The first-order chi connectivity index (χ1) is 11.5. The van der Waals surface area contributed by atoms with Crippen molar-refractivity contribution in [3.63, 3.8) is 0 Å². The number of hydrogen-bond acceptors (Lipinski definition) is 5. The first kappa shape index (κ1) is 15.7. The van der Waals surface area contributed by atoms with Crippen LogP contribution in [0.25, 0.3) is 23.7 Å². The van der Waals surface area contributed by atoms with E-state index in [1.165, 1.54) is 29.5 Å². The van der Waals surface area contributed by atoms with Gasteiger partial charge in [0.05, 0.1) is 5.56 Å². The van der Waals surface area contributed by atoms with Crippen LogP contribution < -0.4 is 0 Å². The minimum Gasteiger partial charge on any atom is -0.364 e. The Morgan fingerprint density at radius 2 is 2.04 bits per heavy atom. The summed E-state index contributed by atoms with van der Waals surface area (Å²) in [4.78, 5) is 14.8. The lowest BCUT2D eigenvalue weighted by atomic mass is 10.1. The Labute approximate surface area is 133 Å². The third-order valence-electron chi connectivity index (χ3n) is 3.04. The fourth-order valence-corrected chi connectivity index (χ4v) is 1.95. The molecule has 2 heterocycles. The molecule has 0 radical (unpaired) electrons. The van der Waals surface area contributed by atoms with E-state index in [0.717, 1.165) is 12.1 Å². The summed E-state index contributed by atoms with van der Waals surface area (Å²) in [5, 5.41) is 7.73. The Bertz CT molecular complexity index is 883. The lowest BCUT2D eigenvalue weighted by Gasteiger charge is -2.08. The molecule has 0 fully saturated rings. The van der Waals surface area contributed by atoms with E-state index in [1.54, 1.807) is 12.1 Å². The van der Waals surface area contributed by atoms with E-state index in [9.17, 15) is 18.0 Å². The summed E-state index contributed by atoms with van der Waals surface area (Å²) >= 11 is 0. The number of aldehydes is 1. The summed E-state index contributed by atoms with van der Waals surface area (Å²) in [6.45, 7) is 0. The van der Waals surface area contributed by atoms with Crippen molar-refractivity contribution in [2.45, 2.75) is 6.18 Å². The lowest BCUT2D eigenvalue weighted by molar-refractivity contribution is -0.137. The maximum atomic E-state index is 12.9. The van der Waals surface area contributed by atoms with Gasteiger partial charge in [-0.05, 0) is 24.3 Å². The smallest absolute Gasteiger partial charge is 0.364 e. The molecule has 1 aromatic carbocycles. The predicted octanol–water partition coefficient (Wildman–Crippen LogP) is 3.39. The minimum atomic E-state index is -4.57. The topological polar surface area (TPSA) is 73.8 Å². The molecule has 0 spiro atoms. The summed E-state index contributed by atoms with van der Waals surface area (Å²) in [6.07, 6.45) is 1.61. The Morgan fingerprint density at radius 3 is 2.71 bits per heavy atom. The van der Waals surface area contributed by atoms with Crippen LogP contribution in [0.3, 0.4) is 0 Å². The molecule has 122 valence electrons. The molecule has 0 amide bonds. The van der Waals surface area contributed by atoms with E-state index in [4.69, 9.17) is 0 Å². The molecular formula is C15H9F3N4O2. The van der Waals surface area contributed by atoms with Crippen LogP contribution in [-0.2, 0) is 6.18 Å². The molecule has 0 aliphatic heterocycles. The zero-order chi connectivity index (χ0) is 17.2. The van der Waals surface area contributed by atoms with Crippen molar-refractivity contribution in [2.75, 3.05) is 0 Å². The molecule has 2 aromatic heterocycles. The second kappa shape index (κ2) is 6.11. The van der Waals surface area contributed by atoms with Crippen LogP contribution in [0.5, 0.6) is 0 Å². The van der Waals surface area contributed by atoms with Crippen molar-refractivity contribution < 1.29 is 22.5 Å². The number of benzene rings is 1. The van der Waals surface area contributed by atoms with Gasteiger partial charge in [-0.2, -0.15) is 13.2 Å². The Kier molecular flexibility index (Phi) is 3.98. The maximum Gasteiger partial charge on any atom is 0.416 e. The van der Waals surface area contributed by atoms with Crippen LogP contribution in [0.1, 0.15) is 21.6 Å². The number of carbonyl (C=O) groups is 1. The molecule has 0 saturated carbocycles. The fourth-order valence-electron chi connectivity index (χ4n) is 1.95. The molecule has 24 heavy (non-hydrogen) atoms. The summed E-state index contributed by atoms with van der Waals surface area (Å²) < 4.78 is 44.7. The Hall–Kier alpha value is -3.23. The molecule has 6 nitrogen and oxygen atoms in total. The zero-order valence-corrected chi connectivity index (χ0v) is 11.9. The first-order valence-corrected chi connectivity index (χ1v) is 6.63. The van der Waals surface area contributed by atoms with Crippen molar-refractivity contribution >= 4 is 18.6 Å². The van der Waals surface area contributed by atoms with E-state index in [1.807, 2.05) is 0 Å². The van der Waals surface area contributed by atoms with Gasteiger partial charge in [0, 0.05) is 23.4 Å². The summed E-state index contributed by atoms with van der Waals surface area (Å²) in [5.41, 5.74) is -0.388. The van der Waals surface area contributed by atoms with Gasteiger partial charge in [-0.15, -0.1) is 5.10 Å². The van der Waals surface area contributed by atoms with Gasteiger partial charge in [0.1, 0.15) is 24.6 Å². The van der Waals surface area contributed by atoms with Crippen LogP contribution in [0.2, 0.25) is 0 Å². The average Bonchev–Trinajstić information content (AvgIpc) is 3.23. The number of nitrogens with zero attached hydrogens (tertiary/aromatic N) is 4. The second-order valence-electron chi connectivity index (χ2n) is 4.75. The molecule has 3 rings (SSSR count). The van der Waals surface area contributed by atoms with Crippen molar-refractivity contribution in [1.82, 2.24) is 19.9 Å². The second-order valence-corrected chi connectivity index (χ2v) is 4.75. The van der Waals surface area contributed by atoms with Crippen molar-refractivity contribution in [2.24, 2.45) is 0 Å². The molecule has 0 aliphatic rings. The highest BCUT2D eigenvalue weighted by Gasteiger charge is 2.31. The summed E-state index contributed by atoms with van der Waals surface area (Å²) in [7, 11) is 0. The standard InChI is InChI=1S/C15H9F3N4O2/c16-15(17,18)12-6-10(8-23)5-11(7-12)14-19-9-22(20-14)3-1-13-2-4-24-21-13/h1-9H/b3-1-. The molecular weight excluding hydrogens is 325 g/mol. The van der Waals surface area contributed by atoms with Gasteiger partial charge >= 0.3 is 6.18 Å². The van der Waals surface area contributed by atoms with Crippen LogP contribution in [0.4, 0.5) is 13.2 Å². The lowest BCUT2D eigenvalue weighted by Crippen LogP contribution is -2.06. The number of hydrogen-bond donors (Lipinski definition) is 0. The monoisotopic (exact) mass is 334 g/mol. The number of aromatic nitrogens is 4. The van der Waals surface area contributed by atoms with Crippen LogP contribution in [-0.4, -0.2) is 26.2 Å². The van der Waals surface area contributed by atoms with Gasteiger partial charge in [-0.3, -0.25) is 4.79 Å². The van der Waals surface area contributed by atoms with Crippen LogP contribution in [0, 0.1) is 0 Å². The van der Waals surface area contributed by atoms with Crippen molar-refractivity contribution in [1.29, 1.82) is 0 Å². The van der Waals surface area contributed by atoms with Crippen LogP contribution in [0.15, 0.2) is 41.4 Å². The largest absolute Gasteiger partial charge is 0.416 e. The molecule has 9 heteroatoms. The van der Waals surface area contributed by atoms with E-state index in [2.05, 4.69) is 19.8 Å². The van der Waals surface area contributed by atoms with Crippen molar-refractivity contribution in [3.05, 3.63) is 53.7 Å². The molecule has 0 bridgehead atoms. The quantitative estimate of drug-likeness (QED) is 0.684. The number of carbonyl (C=O) groups excluding carboxylic acids is 1. The zero-order valence-electron chi connectivity index (χ0n) is 11.9. The fraction of sp³-hybridized carbons (Fsp3) is 0.0667. The summed E-state index contributed by atoms with van der Waals surface area (Å²) in [5.74, 6) is 0.0639. The Morgan fingerprint density at radius 1 is 1.21 bits per heavy atom. The summed E-state index contributed by atoms with van der Waals surface area (Å²) in [6, 6.07) is 4.59. The van der Waals surface area contributed by atoms with Gasteiger partial charge < -0.3 is 4.52 Å². The predicted molar refractivity (Wildman–Crippen MR) is 77.6 cm³/mol. The molecule has 0 saturated heterocycles. The molecule has 0 N–H and O–H groups in total. The third kappa shape index (κ3) is 3.40. The van der Waals surface area contributed by atoms with Crippen molar-refractivity contribution in [3.8, 4) is 11.4 Å². The number of halogens is 3.